The molecule has 19 heavy (non-hydrogen) atoms. The number of nitrogens with two attached hydrogens (primary N) is 1. The van der Waals surface area contributed by atoms with E-state index in [4.69, 9.17) is 10.6 Å². The van der Waals surface area contributed by atoms with Crippen LogP contribution in [-0.2, 0) is 4.74 Å². The van der Waals surface area contributed by atoms with Gasteiger partial charge in [0.2, 0.25) is 0 Å². The molecule has 2 unspecified atom stereocenters. The fourth-order valence-corrected chi connectivity index (χ4v) is 3.37. The van der Waals surface area contributed by atoms with E-state index in [0.717, 1.165) is 25.9 Å². The number of hydrogen-bond donors (Lipinski definition) is 2. The van der Waals surface area contributed by atoms with E-state index in [1.807, 2.05) is 0 Å². The minimum Gasteiger partial charge on any atom is -0.378 e. The Hall–Kier alpha value is -0.550. The maximum atomic E-state index is 5.73. The normalized spacial score (nSPS) is 20.6. The Morgan fingerprint density at radius 3 is 3.00 bits per heavy atom. The first-order valence-electron chi connectivity index (χ1n) is 7.05. The van der Waals surface area contributed by atoms with Gasteiger partial charge in [0.15, 0.2) is 0 Å². The molecule has 1 heterocycles. The lowest BCUT2D eigenvalue weighted by Gasteiger charge is -2.19. The molecule has 1 aliphatic heterocycles. The van der Waals surface area contributed by atoms with Gasteiger partial charge < -0.3 is 4.74 Å². The number of hydrazine groups is 1. The van der Waals surface area contributed by atoms with Crippen LogP contribution in [-0.4, -0.2) is 19.0 Å². The Morgan fingerprint density at radius 2 is 2.32 bits per heavy atom. The lowest BCUT2D eigenvalue weighted by atomic mass is 9.99. The van der Waals surface area contributed by atoms with E-state index in [-0.39, 0.29) is 6.04 Å². The minimum absolute atomic E-state index is 0.241. The second kappa shape index (κ2) is 7.90. The highest BCUT2D eigenvalue weighted by Crippen LogP contribution is 2.29. The van der Waals surface area contributed by atoms with Crippen molar-refractivity contribution in [2.45, 2.75) is 49.1 Å². The molecule has 0 spiro atoms. The first-order chi connectivity index (χ1) is 9.35. The third-order valence-electron chi connectivity index (χ3n) is 3.76. The maximum Gasteiger partial charge on any atom is 0.0576 e. The van der Waals surface area contributed by atoms with E-state index in [0.29, 0.717) is 6.10 Å². The number of nitrogens with one attached hydrogen (secondary N) is 1. The Kier molecular flexibility index (Phi) is 6.17. The molecule has 106 valence electrons. The standard InChI is InChI=1S/C15H24N2OS/c1-19-15-10-3-2-8-13(15)14(17-16)9-4-6-12-7-5-11-18-12/h2-3,8,10,12,14,17H,4-7,9,11,16H2,1H3. The largest absolute Gasteiger partial charge is 0.378 e. The summed E-state index contributed by atoms with van der Waals surface area (Å²) in [6.45, 7) is 0.943. The van der Waals surface area contributed by atoms with Crippen molar-refractivity contribution in [1.82, 2.24) is 5.43 Å². The lowest BCUT2D eigenvalue weighted by molar-refractivity contribution is 0.101. The highest BCUT2D eigenvalue weighted by molar-refractivity contribution is 7.98. The summed E-state index contributed by atoms with van der Waals surface area (Å²) < 4.78 is 5.66. The van der Waals surface area contributed by atoms with Crippen LogP contribution in [0.15, 0.2) is 29.2 Å². The van der Waals surface area contributed by atoms with Crippen LogP contribution < -0.4 is 11.3 Å². The van der Waals surface area contributed by atoms with Crippen molar-refractivity contribution < 1.29 is 4.74 Å². The van der Waals surface area contributed by atoms with Crippen molar-refractivity contribution in [3.05, 3.63) is 29.8 Å². The van der Waals surface area contributed by atoms with Gasteiger partial charge in [0, 0.05) is 17.5 Å². The van der Waals surface area contributed by atoms with E-state index in [1.165, 1.54) is 23.3 Å². The second-order valence-corrected chi connectivity index (χ2v) is 5.88. The van der Waals surface area contributed by atoms with E-state index in [9.17, 15) is 0 Å². The Balaban J connectivity index is 1.88. The molecule has 0 saturated carbocycles. The molecule has 0 bridgehead atoms. The van der Waals surface area contributed by atoms with E-state index < -0.39 is 0 Å². The Bertz CT molecular complexity index is 380. The summed E-state index contributed by atoms with van der Waals surface area (Å²) in [6, 6.07) is 8.73. The van der Waals surface area contributed by atoms with Gasteiger partial charge in [0.05, 0.1) is 6.10 Å². The van der Waals surface area contributed by atoms with Gasteiger partial charge in [-0.2, -0.15) is 0 Å². The zero-order chi connectivity index (χ0) is 13.5. The Labute approximate surface area is 120 Å². The van der Waals surface area contributed by atoms with Gasteiger partial charge in [0.25, 0.3) is 0 Å². The molecule has 2 rings (SSSR count). The first-order valence-corrected chi connectivity index (χ1v) is 8.28. The summed E-state index contributed by atoms with van der Waals surface area (Å²) in [4.78, 5) is 1.31. The number of thioether (sulfide) groups is 1. The lowest BCUT2D eigenvalue weighted by Crippen LogP contribution is -2.28. The van der Waals surface area contributed by atoms with Crippen LogP contribution in [0.25, 0.3) is 0 Å². The van der Waals surface area contributed by atoms with Gasteiger partial charge in [-0.25, -0.2) is 0 Å². The summed E-state index contributed by atoms with van der Waals surface area (Å²) in [5.74, 6) is 5.73. The maximum absolute atomic E-state index is 5.73. The quantitative estimate of drug-likeness (QED) is 0.457. The SMILES string of the molecule is CSc1ccccc1C(CCCC1CCCO1)NN. The highest BCUT2D eigenvalue weighted by Gasteiger charge is 2.17. The summed E-state index contributed by atoms with van der Waals surface area (Å²) in [5.41, 5.74) is 4.27. The molecule has 4 heteroatoms. The van der Waals surface area contributed by atoms with Crippen LogP contribution in [0.4, 0.5) is 0 Å². The molecule has 1 saturated heterocycles. The Morgan fingerprint density at radius 1 is 1.47 bits per heavy atom. The molecule has 1 fully saturated rings. The van der Waals surface area contributed by atoms with Gasteiger partial charge >= 0.3 is 0 Å². The molecule has 1 aliphatic rings. The molecule has 3 nitrogen and oxygen atoms in total. The van der Waals surface area contributed by atoms with Crippen molar-refractivity contribution in [1.29, 1.82) is 0 Å². The van der Waals surface area contributed by atoms with E-state index in [2.05, 4.69) is 35.9 Å². The fourth-order valence-electron chi connectivity index (χ4n) is 2.70. The van der Waals surface area contributed by atoms with Crippen molar-refractivity contribution in [3.63, 3.8) is 0 Å². The summed E-state index contributed by atoms with van der Waals surface area (Å²) in [5, 5.41) is 0. The van der Waals surface area contributed by atoms with Crippen LogP contribution in [0.1, 0.15) is 43.7 Å². The average molecular weight is 280 g/mol. The third-order valence-corrected chi connectivity index (χ3v) is 4.57. The average Bonchev–Trinajstić information content (AvgIpc) is 2.97. The summed E-state index contributed by atoms with van der Waals surface area (Å²) >= 11 is 1.78. The first kappa shape index (κ1) is 14.9. The zero-order valence-corrected chi connectivity index (χ0v) is 12.4. The number of hydrogen-bond acceptors (Lipinski definition) is 4. The minimum atomic E-state index is 0.241. The summed E-state index contributed by atoms with van der Waals surface area (Å²) in [7, 11) is 0. The van der Waals surface area contributed by atoms with E-state index >= 15 is 0 Å². The van der Waals surface area contributed by atoms with Crippen LogP contribution in [0.2, 0.25) is 0 Å². The van der Waals surface area contributed by atoms with Crippen molar-refractivity contribution in [2.75, 3.05) is 12.9 Å². The van der Waals surface area contributed by atoms with Gasteiger partial charge in [-0.1, -0.05) is 18.2 Å². The molecule has 0 radical (unpaired) electrons. The van der Waals surface area contributed by atoms with Crippen LogP contribution >= 0.6 is 11.8 Å². The second-order valence-electron chi connectivity index (χ2n) is 5.03. The van der Waals surface area contributed by atoms with Crippen LogP contribution in [0, 0.1) is 0 Å². The molecular formula is C15H24N2OS. The fraction of sp³-hybridized carbons (Fsp3) is 0.600. The monoisotopic (exact) mass is 280 g/mol. The van der Waals surface area contributed by atoms with Crippen LogP contribution in [0.5, 0.6) is 0 Å². The van der Waals surface area contributed by atoms with Gasteiger partial charge in [-0.05, 0) is 50.0 Å². The number of rotatable bonds is 7. The van der Waals surface area contributed by atoms with Gasteiger partial charge in [0.1, 0.15) is 0 Å². The van der Waals surface area contributed by atoms with Crippen molar-refractivity contribution in [3.8, 4) is 0 Å². The third kappa shape index (κ3) is 4.21. The zero-order valence-electron chi connectivity index (χ0n) is 11.6. The van der Waals surface area contributed by atoms with Crippen LogP contribution in [0.3, 0.4) is 0 Å². The molecule has 1 aromatic carbocycles. The molecule has 0 aromatic heterocycles. The molecule has 1 aromatic rings. The molecule has 2 atom stereocenters. The van der Waals surface area contributed by atoms with Gasteiger partial charge in [-0.15, -0.1) is 11.8 Å². The van der Waals surface area contributed by atoms with E-state index in [1.54, 1.807) is 11.8 Å². The smallest absolute Gasteiger partial charge is 0.0576 e. The number of ether oxygens (including phenoxy) is 1. The highest BCUT2D eigenvalue weighted by atomic mass is 32.2. The van der Waals surface area contributed by atoms with Crippen molar-refractivity contribution >= 4 is 11.8 Å². The molecule has 0 amide bonds. The summed E-state index contributed by atoms with van der Waals surface area (Å²) in [6.07, 6.45) is 8.41. The van der Waals surface area contributed by atoms with Crippen molar-refractivity contribution in [2.24, 2.45) is 5.84 Å². The van der Waals surface area contributed by atoms with Gasteiger partial charge in [-0.3, -0.25) is 11.3 Å². The topological polar surface area (TPSA) is 47.3 Å². The predicted octanol–water partition coefficient (Wildman–Crippen LogP) is 3.26. The molecular weight excluding hydrogens is 256 g/mol. The predicted molar refractivity (Wildman–Crippen MR) is 81.1 cm³/mol. The molecule has 3 N–H and O–H groups in total. The number of benzene rings is 1. The molecule has 0 aliphatic carbocycles.